The summed E-state index contributed by atoms with van der Waals surface area (Å²) in [5.74, 6) is -2.23. The summed E-state index contributed by atoms with van der Waals surface area (Å²) < 4.78 is 4.93. The fraction of sp³-hybridized carbons (Fsp3) is 0.176. The van der Waals surface area contributed by atoms with Gasteiger partial charge in [-0.15, -0.1) is 11.3 Å². The van der Waals surface area contributed by atoms with Gasteiger partial charge >= 0.3 is 5.97 Å². The van der Waals surface area contributed by atoms with Crippen molar-refractivity contribution in [3.63, 3.8) is 0 Å². The number of halogens is 1. The minimum atomic E-state index is -0.816. The van der Waals surface area contributed by atoms with E-state index in [4.69, 9.17) is 16.3 Å². The van der Waals surface area contributed by atoms with Crippen molar-refractivity contribution < 1.29 is 23.9 Å². The van der Waals surface area contributed by atoms with Crippen molar-refractivity contribution in [2.75, 3.05) is 25.5 Å². The summed E-state index contributed by atoms with van der Waals surface area (Å²) in [6.45, 7) is -0.799. The van der Waals surface area contributed by atoms with Gasteiger partial charge in [0.25, 0.3) is 11.8 Å². The highest BCUT2D eigenvalue weighted by atomic mass is 35.5. The van der Waals surface area contributed by atoms with Gasteiger partial charge in [-0.1, -0.05) is 17.7 Å². The highest BCUT2D eigenvalue weighted by molar-refractivity contribution is 7.12. The average molecular weight is 410 g/mol. The maximum Gasteiger partial charge on any atom is 0.340 e. The summed E-state index contributed by atoms with van der Waals surface area (Å²) in [4.78, 5) is 47.6. The van der Waals surface area contributed by atoms with E-state index in [9.17, 15) is 19.2 Å². The third-order valence-corrected chi connectivity index (χ3v) is 4.36. The lowest BCUT2D eigenvalue weighted by Gasteiger charge is -2.11. The van der Waals surface area contributed by atoms with E-state index in [-0.39, 0.29) is 23.7 Å². The number of carbonyl (C=O) groups excluding carboxylic acids is 4. The molecule has 0 unspecified atom stereocenters. The normalized spacial score (nSPS) is 10.0. The van der Waals surface area contributed by atoms with E-state index in [1.807, 2.05) is 0 Å². The fourth-order valence-electron chi connectivity index (χ4n) is 1.92. The van der Waals surface area contributed by atoms with Crippen LogP contribution in [0.1, 0.15) is 20.0 Å². The predicted molar refractivity (Wildman–Crippen MR) is 101 cm³/mol. The number of benzene rings is 1. The second-order valence-electron chi connectivity index (χ2n) is 5.15. The summed E-state index contributed by atoms with van der Waals surface area (Å²) in [5, 5.41) is 9.31. The van der Waals surface area contributed by atoms with Gasteiger partial charge in [-0.2, -0.15) is 0 Å². The van der Waals surface area contributed by atoms with E-state index in [0.29, 0.717) is 9.90 Å². The maximum atomic E-state index is 12.3. The number of thiophene rings is 1. The Morgan fingerprint density at radius 3 is 2.59 bits per heavy atom. The van der Waals surface area contributed by atoms with E-state index in [1.54, 1.807) is 17.5 Å². The Labute approximate surface area is 163 Å². The molecule has 0 spiro atoms. The molecule has 3 N–H and O–H groups in total. The van der Waals surface area contributed by atoms with Crippen LogP contribution in [-0.4, -0.2) is 43.9 Å². The minimum absolute atomic E-state index is 0.0448. The Morgan fingerprint density at radius 2 is 1.93 bits per heavy atom. The molecule has 1 heterocycles. The van der Waals surface area contributed by atoms with E-state index < -0.39 is 24.4 Å². The van der Waals surface area contributed by atoms with Crippen LogP contribution in [0.15, 0.2) is 35.7 Å². The van der Waals surface area contributed by atoms with Crippen molar-refractivity contribution in [1.82, 2.24) is 10.6 Å². The Kier molecular flexibility index (Phi) is 7.33. The molecule has 142 valence electrons. The summed E-state index contributed by atoms with van der Waals surface area (Å²) in [7, 11) is 1.43. The molecule has 10 heteroatoms. The van der Waals surface area contributed by atoms with Crippen molar-refractivity contribution in [3.05, 3.63) is 51.2 Å². The molecule has 1 aromatic carbocycles. The van der Waals surface area contributed by atoms with Gasteiger partial charge in [-0.3, -0.25) is 14.4 Å². The molecule has 0 aliphatic rings. The molecule has 1 aromatic heterocycles. The quantitative estimate of drug-likeness (QED) is 0.602. The number of likely N-dealkylation sites (N-methyl/N-ethyl adjacent to an activating group) is 1. The highest BCUT2D eigenvalue weighted by Gasteiger charge is 2.18. The zero-order chi connectivity index (χ0) is 19.8. The van der Waals surface area contributed by atoms with Gasteiger partial charge in [0.2, 0.25) is 5.91 Å². The number of esters is 1. The van der Waals surface area contributed by atoms with Gasteiger partial charge in [0.05, 0.1) is 22.7 Å². The average Bonchev–Trinajstić information content (AvgIpc) is 3.19. The first-order valence-electron chi connectivity index (χ1n) is 7.69. The molecule has 0 fully saturated rings. The lowest BCUT2D eigenvalue weighted by Crippen LogP contribution is -2.37. The molecule has 8 nitrogen and oxygen atoms in total. The molecule has 0 aliphatic carbocycles. The second-order valence-corrected chi connectivity index (χ2v) is 6.53. The Balaban J connectivity index is 2.02. The molecule has 0 atom stereocenters. The van der Waals surface area contributed by atoms with Crippen molar-refractivity contribution in [3.8, 4) is 0 Å². The number of amides is 3. The van der Waals surface area contributed by atoms with Gasteiger partial charge in [0.15, 0.2) is 6.61 Å². The number of carbonyl (C=O) groups is 4. The monoisotopic (exact) mass is 409 g/mol. The third kappa shape index (κ3) is 6.08. The molecular formula is C17H16ClN3O5S. The van der Waals surface area contributed by atoms with E-state index in [2.05, 4.69) is 16.0 Å². The molecule has 0 saturated heterocycles. The maximum absolute atomic E-state index is 12.3. The molecule has 2 aromatic rings. The van der Waals surface area contributed by atoms with Crippen molar-refractivity contribution >= 4 is 52.3 Å². The third-order valence-electron chi connectivity index (χ3n) is 3.25. The van der Waals surface area contributed by atoms with E-state index in [1.165, 1.54) is 36.6 Å². The van der Waals surface area contributed by atoms with Crippen LogP contribution in [0.5, 0.6) is 0 Å². The summed E-state index contributed by atoms with van der Waals surface area (Å²) in [5.41, 5.74) is 0.208. The number of rotatable bonds is 7. The molecular weight excluding hydrogens is 394 g/mol. The number of nitrogens with one attached hydrogen (secondary N) is 3. The van der Waals surface area contributed by atoms with Gasteiger partial charge in [-0.25, -0.2) is 4.79 Å². The van der Waals surface area contributed by atoms with Crippen LogP contribution in [0.4, 0.5) is 5.69 Å². The highest BCUT2D eigenvalue weighted by Crippen LogP contribution is 2.23. The van der Waals surface area contributed by atoms with Crippen molar-refractivity contribution in [1.29, 1.82) is 0 Å². The number of hydrogen-bond acceptors (Lipinski definition) is 6. The summed E-state index contributed by atoms with van der Waals surface area (Å²) >= 11 is 7.18. The summed E-state index contributed by atoms with van der Waals surface area (Å²) in [6.07, 6.45) is 0. The van der Waals surface area contributed by atoms with Crippen LogP contribution in [0.2, 0.25) is 5.02 Å². The zero-order valence-corrected chi connectivity index (χ0v) is 15.8. The standard InChI is InChI=1S/C17H16ClN3O5S/c1-19-14(22)8-20-15(23)9-26-17(25)11-5-4-10(18)7-12(11)21-16(24)13-3-2-6-27-13/h2-7H,8-9H2,1H3,(H,19,22)(H,20,23)(H,21,24). The van der Waals surface area contributed by atoms with Crippen LogP contribution in [0.3, 0.4) is 0 Å². The number of ether oxygens (including phenoxy) is 1. The summed E-state index contributed by atoms with van der Waals surface area (Å²) in [6, 6.07) is 7.63. The fourth-order valence-corrected chi connectivity index (χ4v) is 2.71. The number of anilines is 1. The lowest BCUT2D eigenvalue weighted by molar-refractivity contribution is -0.127. The SMILES string of the molecule is CNC(=O)CNC(=O)COC(=O)c1ccc(Cl)cc1NC(=O)c1cccs1. The van der Waals surface area contributed by atoms with Gasteiger partial charge in [0, 0.05) is 12.1 Å². The lowest BCUT2D eigenvalue weighted by atomic mass is 10.1. The van der Waals surface area contributed by atoms with Gasteiger partial charge < -0.3 is 20.7 Å². The van der Waals surface area contributed by atoms with Gasteiger partial charge in [0.1, 0.15) is 0 Å². The minimum Gasteiger partial charge on any atom is -0.452 e. The Bertz CT molecular complexity index is 854. The topological polar surface area (TPSA) is 114 Å². The van der Waals surface area contributed by atoms with Gasteiger partial charge in [-0.05, 0) is 29.6 Å². The van der Waals surface area contributed by atoms with E-state index >= 15 is 0 Å². The molecule has 0 bridgehead atoms. The van der Waals surface area contributed by atoms with Crippen LogP contribution < -0.4 is 16.0 Å². The largest absolute Gasteiger partial charge is 0.452 e. The van der Waals surface area contributed by atoms with Crippen molar-refractivity contribution in [2.45, 2.75) is 0 Å². The molecule has 0 aliphatic heterocycles. The Morgan fingerprint density at radius 1 is 1.15 bits per heavy atom. The van der Waals surface area contributed by atoms with Crippen LogP contribution in [0.25, 0.3) is 0 Å². The van der Waals surface area contributed by atoms with Crippen LogP contribution >= 0.6 is 22.9 Å². The smallest absolute Gasteiger partial charge is 0.340 e. The zero-order valence-electron chi connectivity index (χ0n) is 14.2. The van der Waals surface area contributed by atoms with Crippen LogP contribution in [0, 0.1) is 0 Å². The first-order chi connectivity index (χ1) is 12.9. The molecule has 0 radical (unpaired) electrons. The van der Waals surface area contributed by atoms with E-state index in [0.717, 1.165) is 0 Å². The Hall–Kier alpha value is -2.91. The van der Waals surface area contributed by atoms with Crippen LogP contribution in [-0.2, 0) is 14.3 Å². The van der Waals surface area contributed by atoms with Crippen molar-refractivity contribution in [2.24, 2.45) is 0 Å². The molecule has 0 saturated carbocycles. The molecule has 27 heavy (non-hydrogen) atoms. The molecule has 3 amide bonds. The predicted octanol–water partition coefficient (Wildman–Crippen LogP) is 1.67. The first-order valence-corrected chi connectivity index (χ1v) is 8.95. The second kappa shape index (κ2) is 9.70. The first kappa shape index (κ1) is 20.4. The number of hydrogen-bond donors (Lipinski definition) is 3. The molecule has 2 rings (SSSR count).